The summed E-state index contributed by atoms with van der Waals surface area (Å²) in [6, 6.07) is 7.65. The summed E-state index contributed by atoms with van der Waals surface area (Å²) in [6.45, 7) is 6.80. The Labute approximate surface area is 107 Å². The SMILES string of the molecule is C=C(C)C1CN(Cc2ccc(OC)cc2)C(=O)O1. The highest BCUT2D eigenvalue weighted by Crippen LogP contribution is 2.20. The molecule has 0 aromatic heterocycles. The molecule has 0 bridgehead atoms. The van der Waals surface area contributed by atoms with Crippen molar-refractivity contribution in [2.75, 3.05) is 13.7 Å². The van der Waals surface area contributed by atoms with Crippen LogP contribution in [0.15, 0.2) is 36.4 Å². The van der Waals surface area contributed by atoms with Gasteiger partial charge in [-0.2, -0.15) is 0 Å². The van der Waals surface area contributed by atoms with Crippen molar-refractivity contribution in [2.24, 2.45) is 0 Å². The van der Waals surface area contributed by atoms with Crippen LogP contribution in [0.5, 0.6) is 5.75 Å². The Kier molecular flexibility index (Phi) is 3.55. The lowest BCUT2D eigenvalue weighted by Gasteiger charge is -2.13. The molecule has 1 saturated heterocycles. The van der Waals surface area contributed by atoms with Crippen LogP contribution in [0, 0.1) is 0 Å². The smallest absolute Gasteiger partial charge is 0.410 e. The first kappa shape index (κ1) is 12.5. The molecule has 1 aromatic rings. The van der Waals surface area contributed by atoms with Crippen molar-refractivity contribution in [3.8, 4) is 5.75 Å². The second-order valence-corrected chi connectivity index (χ2v) is 4.45. The number of cyclic esters (lactones) is 1. The number of carbonyl (C=O) groups excluding carboxylic acids is 1. The van der Waals surface area contributed by atoms with E-state index in [1.54, 1.807) is 12.0 Å². The molecular formula is C14H17NO3. The Morgan fingerprint density at radius 3 is 2.67 bits per heavy atom. The number of benzene rings is 1. The fourth-order valence-corrected chi connectivity index (χ4v) is 1.85. The summed E-state index contributed by atoms with van der Waals surface area (Å²) in [5.41, 5.74) is 1.93. The molecule has 1 unspecified atom stereocenters. The summed E-state index contributed by atoms with van der Waals surface area (Å²) in [5, 5.41) is 0. The van der Waals surface area contributed by atoms with Crippen molar-refractivity contribution in [3.63, 3.8) is 0 Å². The van der Waals surface area contributed by atoms with Gasteiger partial charge in [0.05, 0.1) is 13.7 Å². The van der Waals surface area contributed by atoms with Gasteiger partial charge in [-0.3, -0.25) is 4.90 Å². The van der Waals surface area contributed by atoms with Crippen LogP contribution in [0.2, 0.25) is 0 Å². The molecule has 0 aliphatic carbocycles. The minimum absolute atomic E-state index is 0.184. The zero-order valence-electron chi connectivity index (χ0n) is 10.7. The summed E-state index contributed by atoms with van der Waals surface area (Å²) in [7, 11) is 1.63. The van der Waals surface area contributed by atoms with Crippen LogP contribution in [0.1, 0.15) is 12.5 Å². The molecular weight excluding hydrogens is 230 g/mol. The number of hydrogen-bond acceptors (Lipinski definition) is 3. The van der Waals surface area contributed by atoms with Crippen molar-refractivity contribution in [3.05, 3.63) is 42.0 Å². The Morgan fingerprint density at radius 1 is 1.50 bits per heavy atom. The Hall–Kier alpha value is -1.97. The van der Waals surface area contributed by atoms with Crippen molar-refractivity contribution in [1.29, 1.82) is 0 Å². The normalized spacial score (nSPS) is 18.7. The van der Waals surface area contributed by atoms with Gasteiger partial charge in [0.1, 0.15) is 11.9 Å². The van der Waals surface area contributed by atoms with Gasteiger partial charge in [0.2, 0.25) is 0 Å². The maximum Gasteiger partial charge on any atom is 0.410 e. The third-order valence-corrected chi connectivity index (χ3v) is 2.97. The van der Waals surface area contributed by atoms with E-state index >= 15 is 0 Å². The van der Waals surface area contributed by atoms with E-state index in [-0.39, 0.29) is 12.2 Å². The van der Waals surface area contributed by atoms with E-state index in [1.807, 2.05) is 31.2 Å². The molecule has 1 heterocycles. The molecule has 1 atom stereocenters. The molecule has 0 saturated carbocycles. The van der Waals surface area contributed by atoms with Crippen molar-refractivity contribution < 1.29 is 14.3 Å². The van der Waals surface area contributed by atoms with E-state index in [0.717, 1.165) is 16.9 Å². The average molecular weight is 247 g/mol. The molecule has 4 nitrogen and oxygen atoms in total. The maximum absolute atomic E-state index is 11.7. The van der Waals surface area contributed by atoms with Crippen LogP contribution in [0.4, 0.5) is 4.79 Å². The molecule has 1 aliphatic heterocycles. The molecule has 1 fully saturated rings. The first-order chi connectivity index (χ1) is 8.60. The number of methoxy groups -OCH3 is 1. The molecule has 1 aromatic carbocycles. The standard InChI is InChI=1S/C14H17NO3/c1-10(2)13-9-15(14(16)18-13)8-11-4-6-12(17-3)7-5-11/h4-7,13H,1,8-9H2,2-3H3. The molecule has 0 spiro atoms. The van der Waals surface area contributed by atoms with E-state index in [4.69, 9.17) is 9.47 Å². The van der Waals surface area contributed by atoms with Gasteiger partial charge < -0.3 is 9.47 Å². The van der Waals surface area contributed by atoms with E-state index in [2.05, 4.69) is 6.58 Å². The lowest BCUT2D eigenvalue weighted by atomic mass is 10.2. The second kappa shape index (κ2) is 5.12. The minimum atomic E-state index is -0.279. The van der Waals surface area contributed by atoms with Gasteiger partial charge in [-0.25, -0.2) is 4.79 Å². The molecule has 2 rings (SSSR count). The van der Waals surface area contributed by atoms with Crippen LogP contribution in [-0.4, -0.2) is 30.8 Å². The van der Waals surface area contributed by atoms with E-state index in [1.165, 1.54) is 0 Å². The molecule has 18 heavy (non-hydrogen) atoms. The molecule has 1 amide bonds. The Morgan fingerprint density at radius 2 is 2.17 bits per heavy atom. The zero-order valence-corrected chi connectivity index (χ0v) is 10.7. The minimum Gasteiger partial charge on any atom is -0.497 e. The van der Waals surface area contributed by atoms with Crippen molar-refractivity contribution >= 4 is 6.09 Å². The maximum atomic E-state index is 11.7. The summed E-state index contributed by atoms with van der Waals surface area (Å²) < 4.78 is 10.3. The Balaban J connectivity index is 2.01. The lowest BCUT2D eigenvalue weighted by Crippen LogP contribution is -2.24. The van der Waals surface area contributed by atoms with Gasteiger partial charge in [0, 0.05) is 6.54 Å². The number of ether oxygens (including phenoxy) is 2. The molecule has 0 radical (unpaired) electrons. The van der Waals surface area contributed by atoms with Crippen LogP contribution in [0.3, 0.4) is 0 Å². The van der Waals surface area contributed by atoms with Crippen LogP contribution in [-0.2, 0) is 11.3 Å². The number of carbonyl (C=O) groups is 1. The Bertz CT molecular complexity index is 453. The first-order valence-electron chi connectivity index (χ1n) is 5.84. The monoisotopic (exact) mass is 247 g/mol. The molecule has 4 heteroatoms. The molecule has 96 valence electrons. The predicted octanol–water partition coefficient (Wildman–Crippen LogP) is 2.59. The number of hydrogen-bond donors (Lipinski definition) is 0. The number of nitrogens with zero attached hydrogens (tertiary/aromatic N) is 1. The second-order valence-electron chi connectivity index (χ2n) is 4.45. The average Bonchev–Trinajstić information content (AvgIpc) is 2.72. The van der Waals surface area contributed by atoms with Crippen molar-refractivity contribution in [1.82, 2.24) is 4.90 Å². The van der Waals surface area contributed by atoms with Crippen LogP contribution < -0.4 is 4.74 Å². The van der Waals surface area contributed by atoms with Crippen LogP contribution in [0.25, 0.3) is 0 Å². The van der Waals surface area contributed by atoms with E-state index in [9.17, 15) is 4.79 Å². The lowest BCUT2D eigenvalue weighted by molar-refractivity contribution is 0.142. The molecule has 0 N–H and O–H groups in total. The van der Waals surface area contributed by atoms with Gasteiger partial charge in [-0.1, -0.05) is 18.7 Å². The third-order valence-electron chi connectivity index (χ3n) is 2.97. The largest absolute Gasteiger partial charge is 0.497 e. The molecule has 1 aliphatic rings. The summed E-state index contributed by atoms with van der Waals surface area (Å²) in [5.74, 6) is 0.808. The zero-order chi connectivity index (χ0) is 13.1. The fraction of sp³-hybridized carbons (Fsp3) is 0.357. The van der Waals surface area contributed by atoms with Crippen LogP contribution >= 0.6 is 0 Å². The number of rotatable bonds is 4. The van der Waals surface area contributed by atoms with Gasteiger partial charge in [-0.05, 0) is 30.2 Å². The highest BCUT2D eigenvalue weighted by Gasteiger charge is 2.31. The summed E-state index contributed by atoms with van der Waals surface area (Å²) in [4.78, 5) is 13.3. The highest BCUT2D eigenvalue weighted by atomic mass is 16.6. The van der Waals surface area contributed by atoms with Crippen molar-refractivity contribution in [2.45, 2.75) is 19.6 Å². The summed E-state index contributed by atoms with van der Waals surface area (Å²) >= 11 is 0. The van der Waals surface area contributed by atoms with E-state index in [0.29, 0.717) is 13.1 Å². The topological polar surface area (TPSA) is 38.8 Å². The predicted molar refractivity (Wildman–Crippen MR) is 68.5 cm³/mol. The van der Waals surface area contributed by atoms with E-state index < -0.39 is 0 Å². The number of amides is 1. The van der Waals surface area contributed by atoms with Gasteiger partial charge in [0.15, 0.2) is 0 Å². The third kappa shape index (κ3) is 2.64. The van der Waals surface area contributed by atoms with Gasteiger partial charge in [-0.15, -0.1) is 0 Å². The fourth-order valence-electron chi connectivity index (χ4n) is 1.85. The van der Waals surface area contributed by atoms with Gasteiger partial charge in [0.25, 0.3) is 0 Å². The first-order valence-corrected chi connectivity index (χ1v) is 5.84. The summed E-state index contributed by atoms with van der Waals surface area (Å²) in [6.07, 6.45) is -0.463. The van der Waals surface area contributed by atoms with Gasteiger partial charge >= 0.3 is 6.09 Å². The quantitative estimate of drug-likeness (QED) is 0.768. The highest BCUT2D eigenvalue weighted by molar-refractivity contribution is 5.70.